The van der Waals surface area contributed by atoms with Gasteiger partial charge in [-0.05, 0) is 38.2 Å². The van der Waals surface area contributed by atoms with E-state index in [2.05, 4.69) is 13.0 Å². The van der Waals surface area contributed by atoms with Crippen LogP contribution in [0.2, 0.25) is 0 Å². The molecule has 0 aromatic heterocycles. The summed E-state index contributed by atoms with van der Waals surface area (Å²) in [4.78, 5) is 0. The van der Waals surface area contributed by atoms with Crippen molar-refractivity contribution < 1.29 is 4.74 Å². The highest BCUT2D eigenvalue weighted by Gasteiger charge is 2.34. The largest absolute Gasteiger partial charge is 0.367 e. The molecule has 2 aliphatic rings. The van der Waals surface area contributed by atoms with Crippen LogP contribution in [0.15, 0.2) is 11.6 Å². The second-order valence-electron chi connectivity index (χ2n) is 3.48. The van der Waals surface area contributed by atoms with E-state index in [4.69, 9.17) is 4.74 Å². The molecule has 0 saturated heterocycles. The molecule has 1 fully saturated rings. The number of hydrogen-bond donors (Lipinski definition) is 0. The summed E-state index contributed by atoms with van der Waals surface area (Å²) in [5.41, 5.74) is 1.71. The molecule has 10 heavy (non-hydrogen) atoms. The van der Waals surface area contributed by atoms with Gasteiger partial charge in [-0.3, -0.25) is 0 Å². The second-order valence-corrected chi connectivity index (χ2v) is 3.48. The van der Waals surface area contributed by atoms with Gasteiger partial charge in [0.05, 0.1) is 12.2 Å². The fourth-order valence-corrected chi connectivity index (χ4v) is 2.01. The standard InChI is InChI=1S/C9H14O/c1-9-6-3-2-4-8(9)5-7-10-9/h5H,2-4,6-7H2,1H3. The van der Waals surface area contributed by atoms with E-state index in [1.54, 1.807) is 5.57 Å². The summed E-state index contributed by atoms with van der Waals surface area (Å²) in [6.07, 6.45) is 7.48. The van der Waals surface area contributed by atoms with Crippen molar-refractivity contribution in [3.05, 3.63) is 11.6 Å². The third-order valence-electron chi connectivity index (χ3n) is 2.76. The first-order valence-electron chi connectivity index (χ1n) is 4.15. The Kier molecular flexibility index (Phi) is 1.34. The minimum atomic E-state index is 0.151. The Hall–Kier alpha value is -0.300. The maximum Gasteiger partial charge on any atom is 0.0868 e. The maximum atomic E-state index is 5.65. The van der Waals surface area contributed by atoms with Gasteiger partial charge in [-0.1, -0.05) is 6.08 Å². The van der Waals surface area contributed by atoms with E-state index in [1.807, 2.05) is 0 Å². The monoisotopic (exact) mass is 138 g/mol. The molecule has 0 radical (unpaired) electrons. The quantitative estimate of drug-likeness (QED) is 0.466. The first kappa shape index (κ1) is 6.41. The van der Waals surface area contributed by atoms with Crippen molar-refractivity contribution in [2.45, 2.75) is 38.2 Å². The molecule has 2 rings (SSSR count). The molecule has 1 nitrogen and oxygen atoms in total. The molecule has 0 spiro atoms. The summed E-state index contributed by atoms with van der Waals surface area (Å²) < 4.78 is 5.65. The lowest BCUT2D eigenvalue weighted by molar-refractivity contribution is 0.0159. The van der Waals surface area contributed by atoms with Crippen LogP contribution in [0.25, 0.3) is 0 Å². The van der Waals surface area contributed by atoms with Crippen LogP contribution in [0.3, 0.4) is 0 Å². The smallest absolute Gasteiger partial charge is 0.0868 e. The van der Waals surface area contributed by atoms with Crippen LogP contribution < -0.4 is 0 Å². The Morgan fingerprint density at radius 2 is 2.40 bits per heavy atom. The van der Waals surface area contributed by atoms with Crippen molar-refractivity contribution in [1.82, 2.24) is 0 Å². The van der Waals surface area contributed by atoms with Crippen LogP contribution in [-0.4, -0.2) is 12.2 Å². The SMILES string of the molecule is CC12CCCCC1=CCO2. The molecule has 0 N–H and O–H groups in total. The number of hydrogen-bond acceptors (Lipinski definition) is 1. The Morgan fingerprint density at radius 1 is 1.50 bits per heavy atom. The van der Waals surface area contributed by atoms with Gasteiger partial charge in [0.1, 0.15) is 0 Å². The first-order valence-corrected chi connectivity index (χ1v) is 4.15. The van der Waals surface area contributed by atoms with Crippen LogP contribution in [-0.2, 0) is 4.74 Å². The molecule has 1 atom stereocenters. The van der Waals surface area contributed by atoms with Crippen molar-refractivity contribution in [2.24, 2.45) is 0 Å². The van der Waals surface area contributed by atoms with E-state index in [0.29, 0.717) is 0 Å². The summed E-state index contributed by atoms with van der Waals surface area (Å²) in [6, 6.07) is 0. The molecule has 0 amide bonds. The van der Waals surface area contributed by atoms with E-state index >= 15 is 0 Å². The summed E-state index contributed by atoms with van der Waals surface area (Å²) >= 11 is 0. The zero-order valence-electron chi connectivity index (χ0n) is 6.52. The molecule has 1 heteroatoms. The van der Waals surface area contributed by atoms with Crippen molar-refractivity contribution in [3.8, 4) is 0 Å². The van der Waals surface area contributed by atoms with Gasteiger partial charge in [-0.15, -0.1) is 0 Å². The van der Waals surface area contributed by atoms with Crippen LogP contribution in [0, 0.1) is 0 Å². The predicted molar refractivity (Wildman–Crippen MR) is 40.9 cm³/mol. The van der Waals surface area contributed by atoms with E-state index in [-0.39, 0.29) is 5.60 Å². The fourth-order valence-electron chi connectivity index (χ4n) is 2.01. The lowest BCUT2D eigenvalue weighted by Crippen LogP contribution is -2.29. The average Bonchev–Trinajstić information content (AvgIpc) is 2.29. The van der Waals surface area contributed by atoms with E-state index < -0.39 is 0 Å². The van der Waals surface area contributed by atoms with Gasteiger partial charge < -0.3 is 4.74 Å². The lowest BCUT2D eigenvalue weighted by Gasteiger charge is -2.31. The van der Waals surface area contributed by atoms with Crippen LogP contribution in [0.5, 0.6) is 0 Å². The molecule has 56 valence electrons. The van der Waals surface area contributed by atoms with Crippen molar-refractivity contribution >= 4 is 0 Å². The van der Waals surface area contributed by atoms with E-state index in [1.165, 1.54) is 25.7 Å². The summed E-state index contributed by atoms with van der Waals surface area (Å²) in [6.45, 7) is 3.08. The normalized spacial score (nSPS) is 39.1. The predicted octanol–water partition coefficient (Wildman–Crippen LogP) is 2.28. The molecule has 1 aliphatic carbocycles. The van der Waals surface area contributed by atoms with Crippen LogP contribution in [0.4, 0.5) is 0 Å². The lowest BCUT2D eigenvalue weighted by atomic mass is 9.82. The van der Waals surface area contributed by atoms with Gasteiger partial charge in [0, 0.05) is 0 Å². The zero-order chi connectivity index (χ0) is 7.03. The van der Waals surface area contributed by atoms with Gasteiger partial charge in [-0.25, -0.2) is 0 Å². The second kappa shape index (κ2) is 2.09. The minimum Gasteiger partial charge on any atom is -0.367 e. The Balaban J connectivity index is 2.22. The molecule has 0 aromatic rings. The van der Waals surface area contributed by atoms with Gasteiger partial charge in [0.2, 0.25) is 0 Å². The zero-order valence-corrected chi connectivity index (χ0v) is 6.52. The Bertz CT molecular complexity index is 172. The highest BCUT2D eigenvalue weighted by atomic mass is 16.5. The minimum absolute atomic E-state index is 0.151. The van der Waals surface area contributed by atoms with Gasteiger partial charge in [0.25, 0.3) is 0 Å². The molecule has 0 bridgehead atoms. The summed E-state index contributed by atoms with van der Waals surface area (Å²) in [5.74, 6) is 0. The van der Waals surface area contributed by atoms with Crippen molar-refractivity contribution in [1.29, 1.82) is 0 Å². The Labute approximate surface area is 62.1 Å². The van der Waals surface area contributed by atoms with Gasteiger partial charge in [-0.2, -0.15) is 0 Å². The summed E-state index contributed by atoms with van der Waals surface area (Å²) in [5, 5.41) is 0. The van der Waals surface area contributed by atoms with Gasteiger partial charge in [0.15, 0.2) is 0 Å². The van der Waals surface area contributed by atoms with E-state index in [0.717, 1.165) is 6.61 Å². The van der Waals surface area contributed by atoms with Crippen LogP contribution >= 0.6 is 0 Å². The van der Waals surface area contributed by atoms with Crippen molar-refractivity contribution in [2.75, 3.05) is 6.61 Å². The van der Waals surface area contributed by atoms with Gasteiger partial charge >= 0.3 is 0 Å². The third-order valence-corrected chi connectivity index (χ3v) is 2.76. The molecule has 1 heterocycles. The average molecular weight is 138 g/mol. The van der Waals surface area contributed by atoms with Crippen LogP contribution in [0.1, 0.15) is 32.6 Å². The number of ether oxygens (including phenoxy) is 1. The highest BCUT2D eigenvalue weighted by Crippen LogP contribution is 2.39. The molecular formula is C9H14O. The van der Waals surface area contributed by atoms with Crippen molar-refractivity contribution in [3.63, 3.8) is 0 Å². The number of rotatable bonds is 0. The summed E-state index contributed by atoms with van der Waals surface area (Å²) in [7, 11) is 0. The molecule has 1 saturated carbocycles. The molecular weight excluding hydrogens is 124 g/mol. The van der Waals surface area contributed by atoms with E-state index in [9.17, 15) is 0 Å². The topological polar surface area (TPSA) is 9.23 Å². The first-order chi connectivity index (χ1) is 4.81. The highest BCUT2D eigenvalue weighted by molar-refractivity contribution is 5.22. The number of fused-ring (bicyclic) bond motifs is 1. The fraction of sp³-hybridized carbons (Fsp3) is 0.778. The molecule has 0 aromatic carbocycles. The third kappa shape index (κ3) is 0.807. The Morgan fingerprint density at radius 3 is 3.20 bits per heavy atom. The molecule has 1 unspecified atom stereocenters. The molecule has 1 aliphatic heterocycles. The maximum absolute atomic E-state index is 5.65.